The van der Waals surface area contributed by atoms with Crippen molar-refractivity contribution < 1.29 is 0 Å². The summed E-state index contributed by atoms with van der Waals surface area (Å²) in [5.74, 6) is 0.776. The zero-order valence-corrected chi connectivity index (χ0v) is 12.4. The highest BCUT2D eigenvalue weighted by molar-refractivity contribution is 5.15. The molecule has 106 valence electrons. The molecule has 2 atom stereocenters. The Labute approximate surface area is 118 Å². The lowest BCUT2D eigenvalue weighted by Crippen LogP contribution is -2.55. The summed E-state index contributed by atoms with van der Waals surface area (Å²) in [5, 5.41) is 0. The summed E-state index contributed by atoms with van der Waals surface area (Å²) in [7, 11) is 2.27. The van der Waals surface area contributed by atoms with E-state index in [0.717, 1.165) is 25.4 Å². The quantitative estimate of drug-likeness (QED) is 0.851. The molecular formula is C17H28N2. The SMILES string of the molecule is CCC1CCCC1(CN)N(C)CCc1ccccc1. The number of hydrogen-bond acceptors (Lipinski definition) is 2. The van der Waals surface area contributed by atoms with Gasteiger partial charge < -0.3 is 5.73 Å². The number of nitrogens with two attached hydrogens (primary N) is 1. The van der Waals surface area contributed by atoms with E-state index >= 15 is 0 Å². The van der Waals surface area contributed by atoms with Crippen LogP contribution in [0, 0.1) is 5.92 Å². The Morgan fingerprint density at radius 3 is 2.68 bits per heavy atom. The van der Waals surface area contributed by atoms with Crippen molar-refractivity contribution in [1.82, 2.24) is 4.90 Å². The predicted octanol–water partition coefficient (Wildman–Crippen LogP) is 3.07. The Bertz CT molecular complexity index is 376. The number of hydrogen-bond donors (Lipinski definition) is 1. The maximum atomic E-state index is 6.16. The van der Waals surface area contributed by atoms with E-state index in [9.17, 15) is 0 Å². The molecule has 1 fully saturated rings. The van der Waals surface area contributed by atoms with Crippen LogP contribution in [0.2, 0.25) is 0 Å². The molecule has 0 saturated heterocycles. The smallest absolute Gasteiger partial charge is 0.0356 e. The molecule has 1 saturated carbocycles. The van der Waals surface area contributed by atoms with E-state index in [1.54, 1.807) is 0 Å². The van der Waals surface area contributed by atoms with Gasteiger partial charge in [0.1, 0.15) is 0 Å². The van der Waals surface area contributed by atoms with Gasteiger partial charge in [0.15, 0.2) is 0 Å². The molecular weight excluding hydrogens is 232 g/mol. The van der Waals surface area contributed by atoms with E-state index in [-0.39, 0.29) is 5.54 Å². The van der Waals surface area contributed by atoms with Crippen LogP contribution in [-0.2, 0) is 6.42 Å². The van der Waals surface area contributed by atoms with Crippen molar-refractivity contribution >= 4 is 0 Å². The van der Waals surface area contributed by atoms with Gasteiger partial charge in [-0.2, -0.15) is 0 Å². The summed E-state index contributed by atoms with van der Waals surface area (Å²) in [5.41, 5.74) is 7.84. The van der Waals surface area contributed by atoms with Crippen molar-refractivity contribution in [3.05, 3.63) is 35.9 Å². The fourth-order valence-electron chi connectivity index (χ4n) is 3.80. The predicted molar refractivity (Wildman–Crippen MR) is 82.2 cm³/mol. The van der Waals surface area contributed by atoms with Crippen molar-refractivity contribution in [2.75, 3.05) is 20.1 Å². The van der Waals surface area contributed by atoms with Gasteiger partial charge in [0.05, 0.1) is 0 Å². The Balaban J connectivity index is 1.99. The molecule has 1 aliphatic rings. The second-order valence-corrected chi connectivity index (χ2v) is 5.96. The maximum Gasteiger partial charge on any atom is 0.0356 e. The van der Waals surface area contributed by atoms with Gasteiger partial charge in [0, 0.05) is 18.6 Å². The van der Waals surface area contributed by atoms with Crippen LogP contribution in [0.3, 0.4) is 0 Å². The normalized spacial score (nSPS) is 27.1. The minimum absolute atomic E-state index is 0.254. The molecule has 19 heavy (non-hydrogen) atoms. The van der Waals surface area contributed by atoms with Crippen LogP contribution in [0.5, 0.6) is 0 Å². The van der Waals surface area contributed by atoms with Crippen molar-refractivity contribution in [1.29, 1.82) is 0 Å². The lowest BCUT2D eigenvalue weighted by molar-refractivity contribution is 0.0829. The average Bonchev–Trinajstić information content (AvgIpc) is 2.90. The molecule has 1 aromatic rings. The van der Waals surface area contributed by atoms with Crippen molar-refractivity contribution in [2.24, 2.45) is 11.7 Å². The summed E-state index contributed by atoms with van der Waals surface area (Å²) in [4.78, 5) is 2.54. The third-order valence-electron chi connectivity index (χ3n) is 5.11. The van der Waals surface area contributed by atoms with Gasteiger partial charge in [0.2, 0.25) is 0 Å². The van der Waals surface area contributed by atoms with Crippen molar-refractivity contribution in [3.63, 3.8) is 0 Å². The van der Waals surface area contributed by atoms with Crippen LogP contribution < -0.4 is 5.73 Å². The molecule has 0 heterocycles. The Kier molecular flexibility index (Phi) is 5.00. The van der Waals surface area contributed by atoms with E-state index in [1.165, 1.54) is 31.2 Å². The third kappa shape index (κ3) is 3.01. The Morgan fingerprint density at radius 1 is 1.32 bits per heavy atom. The van der Waals surface area contributed by atoms with Gasteiger partial charge in [-0.05, 0) is 37.8 Å². The Morgan fingerprint density at radius 2 is 2.05 bits per heavy atom. The summed E-state index contributed by atoms with van der Waals surface area (Å²) in [6.07, 6.45) is 6.34. The summed E-state index contributed by atoms with van der Waals surface area (Å²) >= 11 is 0. The second kappa shape index (κ2) is 6.53. The average molecular weight is 260 g/mol. The zero-order valence-electron chi connectivity index (χ0n) is 12.4. The van der Waals surface area contributed by atoms with Crippen molar-refractivity contribution in [2.45, 2.75) is 44.6 Å². The van der Waals surface area contributed by atoms with Gasteiger partial charge in [-0.25, -0.2) is 0 Å². The summed E-state index contributed by atoms with van der Waals surface area (Å²) in [6.45, 7) is 4.22. The molecule has 0 radical (unpaired) electrons. The number of nitrogens with zero attached hydrogens (tertiary/aromatic N) is 1. The highest BCUT2D eigenvalue weighted by Gasteiger charge is 2.43. The van der Waals surface area contributed by atoms with Crippen LogP contribution in [-0.4, -0.2) is 30.6 Å². The maximum absolute atomic E-state index is 6.16. The fraction of sp³-hybridized carbons (Fsp3) is 0.647. The van der Waals surface area contributed by atoms with Crippen LogP contribution in [0.15, 0.2) is 30.3 Å². The molecule has 0 aromatic heterocycles. The van der Waals surface area contributed by atoms with E-state index in [1.807, 2.05) is 0 Å². The minimum atomic E-state index is 0.254. The molecule has 0 bridgehead atoms. The molecule has 0 amide bonds. The highest BCUT2D eigenvalue weighted by atomic mass is 15.2. The van der Waals surface area contributed by atoms with Gasteiger partial charge in [0.25, 0.3) is 0 Å². The van der Waals surface area contributed by atoms with Crippen LogP contribution in [0.25, 0.3) is 0 Å². The van der Waals surface area contributed by atoms with Crippen molar-refractivity contribution in [3.8, 4) is 0 Å². The van der Waals surface area contributed by atoms with E-state index < -0.39 is 0 Å². The molecule has 0 spiro atoms. The molecule has 2 rings (SSSR count). The third-order valence-corrected chi connectivity index (χ3v) is 5.11. The van der Waals surface area contributed by atoms with Gasteiger partial charge in [-0.1, -0.05) is 50.1 Å². The number of rotatable bonds is 6. The summed E-state index contributed by atoms with van der Waals surface area (Å²) < 4.78 is 0. The molecule has 2 nitrogen and oxygen atoms in total. The molecule has 1 aliphatic carbocycles. The lowest BCUT2D eigenvalue weighted by Gasteiger charge is -2.43. The zero-order chi connectivity index (χ0) is 13.7. The first-order valence-electron chi connectivity index (χ1n) is 7.68. The van der Waals surface area contributed by atoms with Gasteiger partial charge in [-0.3, -0.25) is 4.90 Å². The molecule has 1 aromatic carbocycles. The molecule has 2 unspecified atom stereocenters. The van der Waals surface area contributed by atoms with Gasteiger partial charge >= 0.3 is 0 Å². The van der Waals surface area contributed by atoms with E-state index in [0.29, 0.717) is 0 Å². The molecule has 2 N–H and O–H groups in total. The molecule has 2 heteroatoms. The molecule has 0 aliphatic heterocycles. The van der Waals surface area contributed by atoms with Crippen LogP contribution in [0.4, 0.5) is 0 Å². The second-order valence-electron chi connectivity index (χ2n) is 5.96. The first kappa shape index (κ1) is 14.5. The monoisotopic (exact) mass is 260 g/mol. The summed E-state index contributed by atoms with van der Waals surface area (Å²) in [6, 6.07) is 10.8. The lowest BCUT2D eigenvalue weighted by atomic mass is 9.83. The van der Waals surface area contributed by atoms with E-state index in [4.69, 9.17) is 5.73 Å². The number of likely N-dealkylation sites (N-methyl/N-ethyl adjacent to an activating group) is 1. The van der Waals surface area contributed by atoms with Crippen LogP contribution in [0.1, 0.15) is 38.2 Å². The number of benzene rings is 1. The minimum Gasteiger partial charge on any atom is -0.329 e. The van der Waals surface area contributed by atoms with E-state index in [2.05, 4.69) is 49.2 Å². The largest absolute Gasteiger partial charge is 0.329 e. The van der Waals surface area contributed by atoms with Crippen LogP contribution >= 0.6 is 0 Å². The fourth-order valence-corrected chi connectivity index (χ4v) is 3.80. The first-order chi connectivity index (χ1) is 9.23. The Hall–Kier alpha value is -0.860. The van der Waals surface area contributed by atoms with Gasteiger partial charge in [-0.15, -0.1) is 0 Å². The first-order valence-corrected chi connectivity index (χ1v) is 7.68. The highest BCUT2D eigenvalue weighted by Crippen LogP contribution is 2.41. The topological polar surface area (TPSA) is 29.3 Å². The standard InChI is InChI=1S/C17H28N2/c1-3-16-10-7-12-17(16,14-18)19(2)13-11-15-8-5-4-6-9-15/h4-6,8-9,16H,3,7,10-14,18H2,1-2H3.